The molecule has 1 heterocycles. The molecule has 0 saturated carbocycles. The van der Waals surface area contributed by atoms with Gasteiger partial charge in [-0.25, -0.2) is 9.78 Å². The van der Waals surface area contributed by atoms with Gasteiger partial charge in [0, 0.05) is 10.6 Å². The van der Waals surface area contributed by atoms with E-state index in [1.54, 1.807) is 0 Å². The fraction of sp³-hybridized carbons (Fsp3) is 0.250. The number of esters is 1. The molecule has 1 N–H and O–H groups in total. The molecule has 140 valence electrons. The summed E-state index contributed by atoms with van der Waals surface area (Å²) in [5, 5.41) is 0.319. The number of nitrogens with one attached hydrogen (secondary N) is 1. The van der Waals surface area contributed by atoms with E-state index < -0.39 is 18.0 Å². The summed E-state index contributed by atoms with van der Waals surface area (Å²) in [6.07, 6.45) is -2.41. The van der Waals surface area contributed by atoms with Gasteiger partial charge in [-0.2, -0.15) is 13.2 Å². The summed E-state index contributed by atoms with van der Waals surface area (Å²) < 4.78 is 52.8. The lowest BCUT2D eigenvalue weighted by atomic mass is 10.1. The van der Waals surface area contributed by atoms with Crippen LogP contribution in [0.1, 0.15) is 17.1 Å². The third-order valence-corrected chi connectivity index (χ3v) is 3.39. The van der Waals surface area contributed by atoms with Crippen LogP contribution in [0.25, 0.3) is 5.57 Å². The molecule has 26 heavy (non-hydrogen) atoms. The molecule has 0 aliphatic rings. The Balaban J connectivity index is 2.28. The Morgan fingerprint density at radius 2 is 2.08 bits per heavy atom. The van der Waals surface area contributed by atoms with Crippen molar-refractivity contribution >= 4 is 23.1 Å². The molecule has 6 nitrogen and oxygen atoms in total. The zero-order valence-electron chi connectivity index (χ0n) is 13.7. The molecule has 0 bridgehead atoms. The number of imidazole rings is 1. The highest BCUT2D eigenvalue weighted by Crippen LogP contribution is 2.31. The normalized spacial score (nSPS) is 12.0. The predicted molar refractivity (Wildman–Crippen MR) is 86.4 cm³/mol. The number of H-pyrrole nitrogens is 1. The zero-order chi connectivity index (χ0) is 19.3. The smallest absolute Gasteiger partial charge is 0.449 e. The van der Waals surface area contributed by atoms with Gasteiger partial charge in [0.05, 0.1) is 32.4 Å². The predicted octanol–water partition coefficient (Wildman–Crippen LogP) is 3.82. The maximum absolute atomic E-state index is 12.6. The average molecular weight is 391 g/mol. The Labute approximate surface area is 151 Å². The third kappa shape index (κ3) is 4.69. The van der Waals surface area contributed by atoms with E-state index in [-0.39, 0.29) is 29.2 Å². The van der Waals surface area contributed by atoms with Crippen molar-refractivity contribution in [3.8, 4) is 5.75 Å². The van der Waals surface area contributed by atoms with Crippen molar-refractivity contribution in [2.75, 3.05) is 14.2 Å². The summed E-state index contributed by atoms with van der Waals surface area (Å²) in [5.41, 5.74) is 0.406. The number of benzene rings is 1. The van der Waals surface area contributed by atoms with Crippen LogP contribution >= 0.6 is 11.6 Å². The average Bonchev–Trinajstić information content (AvgIpc) is 3.07. The molecular formula is C16H14ClF3N2O4. The van der Waals surface area contributed by atoms with Gasteiger partial charge in [0.25, 0.3) is 0 Å². The van der Waals surface area contributed by atoms with Crippen LogP contribution in [-0.4, -0.2) is 30.2 Å². The minimum absolute atomic E-state index is 0.0353. The van der Waals surface area contributed by atoms with Crippen LogP contribution in [0.5, 0.6) is 5.75 Å². The summed E-state index contributed by atoms with van der Waals surface area (Å²) in [6.45, 7) is -0.237. The summed E-state index contributed by atoms with van der Waals surface area (Å²) >= 11 is 5.96. The number of carbonyl (C=O) groups is 1. The van der Waals surface area contributed by atoms with Gasteiger partial charge in [-0.15, -0.1) is 0 Å². The van der Waals surface area contributed by atoms with Gasteiger partial charge in [0.2, 0.25) is 5.82 Å². The molecular weight excluding hydrogens is 377 g/mol. The van der Waals surface area contributed by atoms with Crippen LogP contribution in [-0.2, 0) is 27.1 Å². The monoisotopic (exact) mass is 390 g/mol. The number of hydrogen-bond donors (Lipinski definition) is 1. The number of aromatic amines is 1. The van der Waals surface area contributed by atoms with Crippen molar-refractivity contribution in [1.29, 1.82) is 0 Å². The van der Waals surface area contributed by atoms with E-state index in [0.29, 0.717) is 5.02 Å². The number of halogens is 4. The molecule has 2 rings (SSSR count). The van der Waals surface area contributed by atoms with Crippen molar-refractivity contribution in [3.63, 3.8) is 0 Å². The first-order valence-electron chi connectivity index (χ1n) is 7.11. The van der Waals surface area contributed by atoms with Gasteiger partial charge < -0.3 is 19.2 Å². The Bertz CT molecular complexity index is 818. The molecule has 2 aromatic rings. The van der Waals surface area contributed by atoms with Crippen molar-refractivity contribution in [2.24, 2.45) is 0 Å². The SMILES string of the molecule is COC=C(C(=O)OC)c1cc(Cl)ccc1OCc1cnc(C(F)(F)F)[nH]1. The van der Waals surface area contributed by atoms with E-state index >= 15 is 0 Å². The first-order chi connectivity index (χ1) is 12.3. The lowest BCUT2D eigenvalue weighted by Crippen LogP contribution is -2.08. The summed E-state index contributed by atoms with van der Waals surface area (Å²) in [6, 6.07) is 4.44. The number of methoxy groups -OCH3 is 2. The standard InChI is InChI=1S/C16H14ClF3N2O4/c1-24-8-12(14(23)25-2)11-5-9(17)3-4-13(11)26-7-10-6-21-15(22-10)16(18,19)20/h3-6,8H,7H2,1-2H3,(H,21,22). The van der Waals surface area contributed by atoms with Crippen LogP contribution < -0.4 is 4.74 Å². The second-order valence-electron chi connectivity index (χ2n) is 4.94. The molecule has 0 aliphatic heterocycles. The van der Waals surface area contributed by atoms with Crippen LogP contribution in [0.15, 0.2) is 30.7 Å². The molecule has 0 atom stereocenters. The van der Waals surface area contributed by atoms with E-state index in [2.05, 4.69) is 9.97 Å². The highest BCUT2D eigenvalue weighted by Gasteiger charge is 2.34. The number of alkyl halides is 3. The minimum Gasteiger partial charge on any atom is -0.503 e. The van der Waals surface area contributed by atoms with Gasteiger partial charge in [0.15, 0.2) is 0 Å². The molecule has 0 fully saturated rings. The minimum atomic E-state index is -4.58. The molecule has 0 amide bonds. The van der Waals surface area contributed by atoms with Gasteiger partial charge in [-0.3, -0.25) is 0 Å². The van der Waals surface area contributed by atoms with Crippen LogP contribution in [0, 0.1) is 0 Å². The number of carbonyl (C=O) groups excluding carboxylic acids is 1. The summed E-state index contributed by atoms with van der Waals surface area (Å²) in [7, 11) is 2.54. The number of ether oxygens (including phenoxy) is 3. The molecule has 0 unspecified atom stereocenters. The topological polar surface area (TPSA) is 73.4 Å². The van der Waals surface area contributed by atoms with Crippen LogP contribution in [0.4, 0.5) is 13.2 Å². The fourth-order valence-corrected chi connectivity index (χ4v) is 2.19. The van der Waals surface area contributed by atoms with Crippen LogP contribution in [0.2, 0.25) is 5.02 Å². The number of aromatic nitrogens is 2. The van der Waals surface area contributed by atoms with Gasteiger partial charge >= 0.3 is 12.1 Å². The Morgan fingerprint density at radius 3 is 2.65 bits per heavy atom. The van der Waals surface area contributed by atoms with Crippen molar-refractivity contribution in [1.82, 2.24) is 9.97 Å². The summed E-state index contributed by atoms with van der Waals surface area (Å²) in [4.78, 5) is 17.3. The number of rotatable bonds is 6. The van der Waals surface area contributed by atoms with Crippen molar-refractivity contribution < 1.29 is 32.2 Å². The Kier molecular flexibility index (Phi) is 6.14. The molecule has 0 aliphatic carbocycles. The highest BCUT2D eigenvalue weighted by molar-refractivity contribution is 6.31. The molecule has 10 heteroatoms. The molecule has 0 spiro atoms. The van der Waals surface area contributed by atoms with Gasteiger partial charge in [-0.1, -0.05) is 11.6 Å². The first-order valence-corrected chi connectivity index (χ1v) is 7.49. The second-order valence-corrected chi connectivity index (χ2v) is 5.38. The quantitative estimate of drug-likeness (QED) is 0.461. The van der Waals surface area contributed by atoms with Crippen molar-refractivity contribution in [3.05, 3.63) is 52.8 Å². The van der Waals surface area contributed by atoms with Crippen LogP contribution in [0.3, 0.4) is 0 Å². The molecule has 0 radical (unpaired) electrons. The van der Waals surface area contributed by atoms with E-state index in [1.807, 2.05) is 0 Å². The molecule has 1 aromatic heterocycles. The van der Waals surface area contributed by atoms with E-state index in [9.17, 15) is 18.0 Å². The largest absolute Gasteiger partial charge is 0.503 e. The van der Waals surface area contributed by atoms with Crippen molar-refractivity contribution in [2.45, 2.75) is 12.8 Å². The maximum atomic E-state index is 12.6. The Morgan fingerprint density at radius 1 is 1.35 bits per heavy atom. The molecule has 1 aromatic carbocycles. The molecule has 0 saturated heterocycles. The van der Waals surface area contributed by atoms with E-state index in [0.717, 1.165) is 12.5 Å². The van der Waals surface area contributed by atoms with Gasteiger partial charge in [0.1, 0.15) is 17.9 Å². The highest BCUT2D eigenvalue weighted by atomic mass is 35.5. The lowest BCUT2D eigenvalue weighted by Gasteiger charge is -2.13. The number of nitrogens with zero attached hydrogens (tertiary/aromatic N) is 1. The Hall–Kier alpha value is -2.68. The second kappa shape index (κ2) is 8.13. The first kappa shape index (κ1) is 19.6. The van der Waals surface area contributed by atoms with E-state index in [1.165, 1.54) is 32.4 Å². The fourth-order valence-electron chi connectivity index (χ4n) is 2.02. The third-order valence-electron chi connectivity index (χ3n) is 3.15. The van der Waals surface area contributed by atoms with Gasteiger partial charge in [-0.05, 0) is 18.2 Å². The number of hydrogen-bond acceptors (Lipinski definition) is 5. The maximum Gasteiger partial charge on any atom is 0.449 e. The lowest BCUT2D eigenvalue weighted by molar-refractivity contribution is -0.144. The summed E-state index contributed by atoms with van der Waals surface area (Å²) in [5.74, 6) is -1.62. The van der Waals surface area contributed by atoms with E-state index in [4.69, 9.17) is 25.8 Å². The zero-order valence-corrected chi connectivity index (χ0v) is 14.4.